The van der Waals surface area contributed by atoms with Gasteiger partial charge in [0, 0.05) is 45.6 Å². The Kier molecular flexibility index (Phi) is 6.94. The summed E-state index contributed by atoms with van der Waals surface area (Å²) in [6.45, 7) is 9.30. The number of hydrogen-bond acceptors (Lipinski definition) is 5. The number of aromatic nitrogens is 1. The Balaban J connectivity index is 1.67. The van der Waals surface area contributed by atoms with E-state index in [1.165, 1.54) is 0 Å². The molecule has 2 aromatic carbocycles. The first-order valence-electron chi connectivity index (χ1n) is 12.0. The lowest BCUT2D eigenvalue weighted by Gasteiger charge is -2.49. The van der Waals surface area contributed by atoms with Gasteiger partial charge in [-0.05, 0) is 82.6 Å². The molecule has 7 nitrogen and oxygen atoms in total. The van der Waals surface area contributed by atoms with E-state index in [9.17, 15) is 14.8 Å². The van der Waals surface area contributed by atoms with E-state index >= 15 is 0 Å². The highest BCUT2D eigenvalue weighted by Crippen LogP contribution is 2.38. The molecule has 0 spiro atoms. The van der Waals surface area contributed by atoms with Crippen LogP contribution in [0.3, 0.4) is 0 Å². The molecule has 0 unspecified atom stereocenters. The Morgan fingerprint density at radius 2 is 1.64 bits per heavy atom. The second-order valence-electron chi connectivity index (χ2n) is 10.7. The first-order valence-corrected chi connectivity index (χ1v) is 12.4. The summed E-state index contributed by atoms with van der Waals surface area (Å²) in [6, 6.07) is 12.1. The van der Waals surface area contributed by atoms with Crippen molar-refractivity contribution >= 4 is 34.4 Å². The second-order valence-corrected chi connectivity index (χ2v) is 11.1. The van der Waals surface area contributed by atoms with Crippen molar-refractivity contribution in [3.8, 4) is 5.75 Å². The van der Waals surface area contributed by atoms with Crippen LogP contribution in [0.25, 0.3) is 10.9 Å². The molecule has 1 aliphatic heterocycles. The molecule has 1 fully saturated rings. The fraction of sp³-hybridized carbons (Fsp3) is 0.429. The standard InChI is InChI=1S/C28H32ClN2O5/c1-17-22(14-25(32)36-21-15-27(2,3)31(34)28(4,5)16-21)23-13-20(35-6)11-12-24(23)30(17)26(33)18-7-9-19(29)10-8-18/h7-13,21H,14-16H2,1-6H3. The van der Waals surface area contributed by atoms with Crippen molar-refractivity contribution in [2.24, 2.45) is 0 Å². The SMILES string of the molecule is COc1ccc2c(c1)c(CC(=O)OC1CC(C)(C)N([O])C(C)(C)C1)c(C)n2C(=O)c1ccc(Cl)cc1. The number of piperidine rings is 1. The summed E-state index contributed by atoms with van der Waals surface area (Å²) in [5.74, 6) is 0.0136. The lowest BCUT2D eigenvalue weighted by atomic mass is 9.80. The smallest absolute Gasteiger partial charge is 0.310 e. The molecule has 0 saturated carbocycles. The van der Waals surface area contributed by atoms with Crippen molar-refractivity contribution in [2.75, 3.05) is 7.11 Å². The predicted octanol–water partition coefficient (Wildman–Crippen LogP) is 5.75. The molecule has 0 atom stereocenters. The van der Waals surface area contributed by atoms with E-state index in [1.54, 1.807) is 42.0 Å². The normalized spacial score (nSPS) is 17.8. The minimum atomic E-state index is -0.642. The molecule has 2 heterocycles. The van der Waals surface area contributed by atoms with Gasteiger partial charge >= 0.3 is 5.97 Å². The number of hydrogen-bond donors (Lipinski definition) is 0. The van der Waals surface area contributed by atoms with Crippen molar-refractivity contribution in [1.29, 1.82) is 0 Å². The number of halogens is 1. The lowest BCUT2D eigenvalue weighted by Crippen LogP contribution is -2.60. The summed E-state index contributed by atoms with van der Waals surface area (Å²) in [5, 5.41) is 15.1. The van der Waals surface area contributed by atoms with Crippen LogP contribution in [0.5, 0.6) is 5.75 Å². The van der Waals surface area contributed by atoms with Crippen LogP contribution in [0.2, 0.25) is 5.02 Å². The van der Waals surface area contributed by atoms with Crippen LogP contribution in [0.15, 0.2) is 42.5 Å². The Bertz CT molecular complexity index is 1290. The van der Waals surface area contributed by atoms with Gasteiger partial charge in [-0.3, -0.25) is 14.2 Å². The molecule has 8 heteroatoms. The number of fused-ring (bicyclic) bond motifs is 1. The average molecular weight is 512 g/mol. The largest absolute Gasteiger partial charge is 0.497 e. The molecule has 0 bridgehead atoms. The molecule has 0 amide bonds. The number of benzene rings is 2. The summed E-state index contributed by atoms with van der Waals surface area (Å²) in [6.07, 6.45) is 0.533. The third-order valence-electron chi connectivity index (χ3n) is 7.01. The molecule has 0 aliphatic carbocycles. The summed E-state index contributed by atoms with van der Waals surface area (Å²) < 4.78 is 12.9. The fourth-order valence-corrected chi connectivity index (χ4v) is 5.55. The number of ether oxygens (including phenoxy) is 2. The molecule has 1 saturated heterocycles. The third kappa shape index (κ3) is 4.88. The zero-order chi connectivity index (χ0) is 26.4. The first kappa shape index (κ1) is 26.2. The van der Waals surface area contributed by atoms with Crippen molar-refractivity contribution in [3.05, 3.63) is 64.3 Å². The number of hydroxylamine groups is 2. The minimum absolute atomic E-state index is 0.00511. The van der Waals surface area contributed by atoms with Crippen molar-refractivity contribution in [3.63, 3.8) is 0 Å². The Morgan fingerprint density at radius 1 is 1.03 bits per heavy atom. The number of rotatable bonds is 5. The van der Waals surface area contributed by atoms with Gasteiger partial charge in [0.25, 0.3) is 5.91 Å². The van der Waals surface area contributed by atoms with E-state index in [0.717, 1.165) is 10.4 Å². The average Bonchev–Trinajstić information content (AvgIpc) is 3.07. The fourth-order valence-electron chi connectivity index (χ4n) is 5.42. The summed E-state index contributed by atoms with van der Waals surface area (Å²) in [5.41, 5.74) is 1.24. The van der Waals surface area contributed by atoms with Crippen LogP contribution in [0.4, 0.5) is 0 Å². The first-order chi connectivity index (χ1) is 16.8. The van der Waals surface area contributed by atoms with Crippen LogP contribution in [0.1, 0.15) is 62.2 Å². The Hall–Kier alpha value is -2.87. The molecule has 1 radical (unpaired) electrons. The van der Waals surface area contributed by atoms with Gasteiger partial charge in [0.2, 0.25) is 0 Å². The van der Waals surface area contributed by atoms with E-state index in [0.29, 0.717) is 46.0 Å². The van der Waals surface area contributed by atoms with E-state index in [1.807, 2.05) is 46.8 Å². The van der Waals surface area contributed by atoms with Crippen molar-refractivity contribution < 1.29 is 24.3 Å². The topological polar surface area (TPSA) is 80.7 Å². The van der Waals surface area contributed by atoms with Crippen molar-refractivity contribution in [2.45, 2.75) is 71.1 Å². The van der Waals surface area contributed by atoms with E-state index in [2.05, 4.69) is 0 Å². The number of esters is 1. The van der Waals surface area contributed by atoms with Crippen LogP contribution in [-0.2, 0) is 21.2 Å². The molecular weight excluding hydrogens is 480 g/mol. The van der Waals surface area contributed by atoms with Crippen LogP contribution < -0.4 is 4.74 Å². The van der Waals surface area contributed by atoms with Crippen LogP contribution >= 0.6 is 11.6 Å². The van der Waals surface area contributed by atoms with Crippen LogP contribution in [-0.4, -0.2) is 45.8 Å². The Labute approximate surface area is 216 Å². The summed E-state index contributed by atoms with van der Waals surface area (Å²) >= 11 is 6.00. The predicted molar refractivity (Wildman–Crippen MR) is 138 cm³/mol. The maximum Gasteiger partial charge on any atom is 0.310 e. The highest BCUT2D eigenvalue weighted by Gasteiger charge is 2.47. The van der Waals surface area contributed by atoms with Gasteiger partial charge in [0.05, 0.1) is 19.0 Å². The van der Waals surface area contributed by atoms with Gasteiger partial charge in [-0.15, -0.1) is 10.3 Å². The van der Waals surface area contributed by atoms with Gasteiger partial charge in [-0.25, -0.2) is 0 Å². The van der Waals surface area contributed by atoms with E-state index < -0.39 is 17.0 Å². The molecule has 1 aromatic heterocycles. The summed E-state index contributed by atoms with van der Waals surface area (Å²) in [4.78, 5) is 26.6. The molecule has 191 valence electrons. The molecule has 36 heavy (non-hydrogen) atoms. The maximum atomic E-state index is 13.5. The van der Waals surface area contributed by atoms with E-state index in [4.69, 9.17) is 21.1 Å². The molecule has 0 N–H and O–H groups in total. The zero-order valence-corrected chi connectivity index (χ0v) is 22.3. The van der Waals surface area contributed by atoms with Gasteiger partial charge in [-0.1, -0.05) is 11.6 Å². The third-order valence-corrected chi connectivity index (χ3v) is 7.26. The maximum absolute atomic E-state index is 13.5. The Morgan fingerprint density at radius 3 is 2.22 bits per heavy atom. The van der Waals surface area contributed by atoms with Gasteiger partial charge < -0.3 is 9.47 Å². The molecule has 1 aliphatic rings. The second kappa shape index (κ2) is 9.54. The zero-order valence-electron chi connectivity index (χ0n) is 21.6. The highest BCUT2D eigenvalue weighted by atomic mass is 35.5. The van der Waals surface area contributed by atoms with Gasteiger partial charge in [0.15, 0.2) is 0 Å². The number of methoxy groups -OCH3 is 1. The highest BCUT2D eigenvalue weighted by molar-refractivity contribution is 6.30. The van der Waals surface area contributed by atoms with Gasteiger partial charge in [-0.2, -0.15) is 0 Å². The monoisotopic (exact) mass is 511 g/mol. The number of carbonyl (C=O) groups is 2. The number of carbonyl (C=O) groups excluding carboxylic acids is 2. The summed E-state index contributed by atoms with van der Waals surface area (Å²) in [7, 11) is 1.57. The molecular formula is C28H32ClN2O5. The van der Waals surface area contributed by atoms with E-state index in [-0.39, 0.29) is 18.4 Å². The molecule has 4 rings (SSSR count). The quantitative estimate of drug-likeness (QED) is 0.407. The number of nitrogens with zero attached hydrogens (tertiary/aromatic N) is 2. The van der Waals surface area contributed by atoms with Gasteiger partial charge in [0.1, 0.15) is 11.9 Å². The lowest BCUT2D eigenvalue weighted by molar-refractivity contribution is -0.299. The molecule has 3 aromatic rings. The van der Waals surface area contributed by atoms with Crippen molar-refractivity contribution in [1.82, 2.24) is 9.63 Å². The minimum Gasteiger partial charge on any atom is -0.497 e. The van der Waals surface area contributed by atoms with Crippen LogP contribution in [0, 0.1) is 6.92 Å².